The number of thiazole rings is 1. The summed E-state index contributed by atoms with van der Waals surface area (Å²) in [6.07, 6.45) is -1.05. The van der Waals surface area contributed by atoms with Gasteiger partial charge in [-0.2, -0.15) is 0 Å². The number of benzene rings is 3. The highest BCUT2D eigenvalue weighted by molar-refractivity contribution is 7.15. The number of nitrogens with zero attached hydrogens (tertiary/aromatic N) is 6. The van der Waals surface area contributed by atoms with Gasteiger partial charge < -0.3 is 30.5 Å². The Kier molecular flexibility index (Phi) is 13.3. The summed E-state index contributed by atoms with van der Waals surface area (Å²) in [4.78, 5) is 66.3. The van der Waals surface area contributed by atoms with Gasteiger partial charge in [0.15, 0.2) is 12.4 Å². The molecule has 3 aromatic heterocycles. The number of aliphatic hydroxyl groups excluding tert-OH is 1. The van der Waals surface area contributed by atoms with Crippen molar-refractivity contribution in [2.75, 3.05) is 13.2 Å². The molecule has 3 amide bonds. The monoisotopic (exact) mass is 942 g/mol. The molecule has 1 fully saturated rings. The molecular weight excluding hydrogens is 889 g/mol. The molecule has 348 valence electrons. The van der Waals surface area contributed by atoms with Gasteiger partial charge in [-0.05, 0) is 80.0 Å². The molecule has 67 heavy (non-hydrogen) atoms. The van der Waals surface area contributed by atoms with Crippen LogP contribution in [-0.2, 0) is 19.2 Å². The van der Waals surface area contributed by atoms with Crippen LogP contribution in [0.1, 0.15) is 97.1 Å². The molecule has 0 radical (unpaired) electrons. The number of likely N-dealkylation sites (tertiary alicyclic amines) is 1. The Balaban J connectivity index is 0.902. The molecule has 0 saturated carbocycles. The molecule has 0 aliphatic carbocycles. The minimum Gasteiger partial charge on any atom is -0.484 e. The number of carboxylic acids is 1. The van der Waals surface area contributed by atoms with Crippen LogP contribution >= 0.6 is 22.7 Å². The Morgan fingerprint density at radius 1 is 0.881 bits per heavy atom. The number of carboxylic acid groups (broad SMARTS) is 1. The van der Waals surface area contributed by atoms with Crippen molar-refractivity contribution in [3.05, 3.63) is 123 Å². The Labute approximate surface area is 397 Å². The summed E-state index contributed by atoms with van der Waals surface area (Å²) >= 11 is 3.18. The molecular formula is C50H54N8O7S2. The van der Waals surface area contributed by atoms with Crippen LogP contribution in [0.5, 0.6) is 5.75 Å². The average molecular weight is 943 g/mol. The second kappa shape index (κ2) is 19.0. The zero-order valence-corrected chi connectivity index (χ0v) is 40.3. The van der Waals surface area contributed by atoms with E-state index < -0.39 is 47.4 Å². The number of aromatic nitrogens is 4. The van der Waals surface area contributed by atoms with Gasteiger partial charge in [0.25, 0.3) is 5.91 Å². The van der Waals surface area contributed by atoms with Gasteiger partial charge in [-0.1, -0.05) is 81.4 Å². The van der Waals surface area contributed by atoms with Crippen molar-refractivity contribution < 1.29 is 34.1 Å². The smallest absolute Gasteiger partial charge is 0.306 e. The lowest BCUT2D eigenvalue weighted by molar-refractivity contribution is -0.144. The van der Waals surface area contributed by atoms with Crippen LogP contribution < -0.4 is 15.4 Å². The fraction of sp³-hybridized carbons (Fsp3) is 0.360. The summed E-state index contributed by atoms with van der Waals surface area (Å²) in [5.74, 6) is -0.720. The van der Waals surface area contributed by atoms with Gasteiger partial charge in [-0.3, -0.25) is 28.7 Å². The molecule has 15 nitrogen and oxygen atoms in total. The van der Waals surface area contributed by atoms with Crippen molar-refractivity contribution in [2.45, 2.75) is 98.5 Å². The Hall–Kier alpha value is -6.56. The summed E-state index contributed by atoms with van der Waals surface area (Å²) in [6.45, 7) is 14.9. The van der Waals surface area contributed by atoms with E-state index >= 15 is 0 Å². The highest BCUT2D eigenvalue weighted by Gasteiger charge is 2.45. The fourth-order valence-corrected chi connectivity index (χ4v) is 10.6. The first-order valence-corrected chi connectivity index (χ1v) is 23.8. The summed E-state index contributed by atoms with van der Waals surface area (Å²) in [7, 11) is 0. The van der Waals surface area contributed by atoms with Gasteiger partial charge in [-0.25, -0.2) is 4.98 Å². The number of aliphatic carboxylic acids is 1. The van der Waals surface area contributed by atoms with E-state index in [1.165, 1.54) is 4.90 Å². The molecule has 4 N–H and O–H groups in total. The molecule has 3 aromatic carbocycles. The van der Waals surface area contributed by atoms with Crippen LogP contribution in [0.4, 0.5) is 0 Å². The normalized spacial score (nSPS) is 17.7. The molecule has 8 rings (SSSR count). The number of β-amino-alcohol motifs (C(OH)–C–C–N with tert-alkyl or cyclic N) is 1. The number of fused-ring (bicyclic) bond motifs is 3. The lowest BCUT2D eigenvalue weighted by Crippen LogP contribution is -2.58. The zero-order valence-electron chi connectivity index (χ0n) is 38.7. The number of hydrogen-bond donors (Lipinski definition) is 4. The molecule has 5 atom stereocenters. The van der Waals surface area contributed by atoms with E-state index in [2.05, 4.69) is 32.7 Å². The van der Waals surface area contributed by atoms with Crippen LogP contribution in [0.25, 0.3) is 26.6 Å². The standard InChI is InChI=1S/C50H54N8O7S2/c1-26-29(4)67-49-42(26)43(53-38(22-41(61)62)46-56-55-30(5)58(46)49)34-13-11-32(12-14-34)33-17-19-37(20-18-33)65-24-40(60)54-45(50(6,7)8)48(64)57-23-36(59)21-39(57)47(63)52-27(2)31-9-15-35(16-10-31)44-28(3)51-25-66-44/h9-20,25,27,36,38-39,45,59H,21-24H2,1-8H3,(H,52,63)(H,54,60)(H,61,62)/t27-,36+,38-,39-,45+/m0/s1. The van der Waals surface area contributed by atoms with E-state index in [9.17, 15) is 29.4 Å². The Bertz CT molecular complexity index is 2860. The number of rotatable bonds is 13. The SMILES string of the molecule is Cc1ncsc1-c1ccc([C@H](C)NC(=O)[C@@H]2C[C@@H](O)CN2C(=O)[C@@H](NC(=O)COc2ccc(-c3ccc(C4=N[C@@H](CC(=O)O)c5nnc(C)n5-c5sc(C)c(C)c54)cc3)cc2)C(C)(C)C)cc1. The van der Waals surface area contributed by atoms with Crippen LogP contribution in [-0.4, -0.2) is 95.6 Å². The van der Waals surface area contributed by atoms with Crippen LogP contribution in [0.2, 0.25) is 0 Å². The quantitative estimate of drug-likeness (QED) is 0.0900. The number of ether oxygens (including phenoxy) is 1. The van der Waals surface area contributed by atoms with E-state index in [1.54, 1.807) is 34.8 Å². The third-order valence-corrected chi connectivity index (χ3v) is 14.6. The zero-order chi connectivity index (χ0) is 47.9. The van der Waals surface area contributed by atoms with Crippen LogP contribution in [0.15, 0.2) is 83.3 Å². The topological polar surface area (TPSA) is 201 Å². The second-order valence-corrected chi connectivity index (χ2v) is 20.3. The van der Waals surface area contributed by atoms with Gasteiger partial charge in [0.2, 0.25) is 11.8 Å². The number of amides is 3. The van der Waals surface area contributed by atoms with Crippen LogP contribution in [0.3, 0.4) is 0 Å². The van der Waals surface area contributed by atoms with E-state index in [1.807, 2.05) is 119 Å². The summed E-state index contributed by atoms with van der Waals surface area (Å²) in [5, 5.41) is 35.9. The van der Waals surface area contributed by atoms with Crippen molar-refractivity contribution in [1.29, 1.82) is 0 Å². The van der Waals surface area contributed by atoms with Gasteiger partial charge >= 0.3 is 5.97 Å². The molecule has 1 saturated heterocycles. The van der Waals surface area contributed by atoms with Crippen molar-refractivity contribution >= 4 is 52.1 Å². The molecule has 0 unspecified atom stereocenters. The van der Waals surface area contributed by atoms with E-state index in [0.29, 0.717) is 23.1 Å². The Morgan fingerprint density at radius 2 is 1.52 bits per heavy atom. The maximum atomic E-state index is 14.2. The van der Waals surface area contributed by atoms with Crippen LogP contribution in [0, 0.1) is 33.1 Å². The lowest BCUT2D eigenvalue weighted by Gasteiger charge is -2.35. The number of aliphatic hydroxyl groups is 1. The van der Waals surface area contributed by atoms with Crippen molar-refractivity contribution in [1.82, 2.24) is 35.3 Å². The second-order valence-electron chi connectivity index (χ2n) is 18.3. The first kappa shape index (κ1) is 47.0. The minimum atomic E-state index is -1.01. The number of aliphatic imine (C=N–C) groups is 1. The first-order chi connectivity index (χ1) is 31.9. The van der Waals surface area contributed by atoms with Gasteiger partial charge in [-0.15, -0.1) is 32.9 Å². The third-order valence-electron chi connectivity index (χ3n) is 12.4. The number of aryl methyl sites for hydroxylation is 3. The molecule has 5 heterocycles. The highest BCUT2D eigenvalue weighted by atomic mass is 32.1. The number of thiophene rings is 1. The first-order valence-electron chi connectivity index (χ1n) is 22.1. The maximum Gasteiger partial charge on any atom is 0.306 e. The Morgan fingerprint density at radius 3 is 2.15 bits per heavy atom. The summed E-state index contributed by atoms with van der Waals surface area (Å²) in [6, 6.07) is 20.1. The molecule has 0 spiro atoms. The maximum absolute atomic E-state index is 14.2. The highest BCUT2D eigenvalue weighted by Crippen LogP contribution is 2.40. The number of hydrogen-bond acceptors (Lipinski definition) is 12. The summed E-state index contributed by atoms with van der Waals surface area (Å²) in [5.41, 5.74) is 9.32. The molecule has 17 heteroatoms. The largest absolute Gasteiger partial charge is 0.484 e. The van der Waals surface area contributed by atoms with Gasteiger partial charge in [0, 0.05) is 29.0 Å². The van der Waals surface area contributed by atoms with Crippen molar-refractivity contribution in [2.24, 2.45) is 10.4 Å². The number of carbonyl (C=O) groups excluding carboxylic acids is 3. The lowest BCUT2D eigenvalue weighted by atomic mass is 9.85. The molecule has 6 aromatic rings. The average Bonchev–Trinajstić information content (AvgIpc) is 4.06. The predicted octanol–water partition coefficient (Wildman–Crippen LogP) is 7.47. The molecule has 0 bridgehead atoms. The minimum absolute atomic E-state index is 0.0382. The number of carbonyl (C=O) groups is 4. The van der Waals surface area contributed by atoms with Crippen molar-refractivity contribution in [3.8, 4) is 32.3 Å². The third kappa shape index (κ3) is 9.80. The van der Waals surface area contributed by atoms with Gasteiger partial charge in [0.1, 0.15) is 34.7 Å². The van der Waals surface area contributed by atoms with E-state index in [4.69, 9.17) is 9.73 Å². The molecule has 2 aliphatic rings. The van der Waals surface area contributed by atoms with E-state index in [0.717, 1.165) is 59.4 Å². The van der Waals surface area contributed by atoms with Gasteiger partial charge in [0.05, 0.1) is 40.4 Å². The summed E-state index contributed by atoms with van der Waals surface area (Å²) < 4.78 is 7.82. The molecule has 2 aliphatic heterocycles. The fourth-order valence-electron chi connectivity index (χ4n) is 8.62. The van der Waals surface area contributed by atoms with Crippen molar-refractivity contribution in [3.63, 3.8) is 0 Å². The number of nitrogens with one attached hydrogen (secondary N) is 2. The van der Waals surface area contributed by atoms with E-state index in [-0.39, 0.29) is 37.9 Å². The predicted molar refractivity (Wildman–Crippen MR) is 258 cm³/mol.